The Morgan fingerprint density at radius 1 is 1.33 bits per heavy atom. The standard InChI is InChI=1S/C13H30N4O/c1-4-6-8-12(5-2)11-16-13(17-14)15-9-7-10-18-3/h12H,4-11,14H2,1-3H3,(H2,15,16,17). The van der Waals surface area contributed by atoms with Crippen molar-refractivity contribution in [3.05, 3.63) is 0 Å². The minimum absolute atomic E-state index is 0.661. The maximum absolute atomic E-state index is 5.44. The lowest BCUT2D eigenvalue weighted by Gasteiger charge is -2.13. The Bertz CT molecular complexity index is 209. The van der Waals surface area contributed by atoms with Crippen LogP contribution in [-0.4, -0.2) is 32.8 Å². The van der Waals surface area contributed by atoms with Crippen LogP contribution in [-0.2, 0) is 4.74 Å². The van der Waals surface area contributed by atoms with Crippen molar-refractivity contribution in [2.75, 3.05) is 26.8 Å². The number of aliphatic imine (C=N–C) groups is 1. The lowest BCUT2D eigenvalue weighted by atomic mass is 10.00. The topological polar surface area (TPSA) is 71.7 Å². The van der Waals surface area contributed by atoms with E-state index in [2.05, 4.69) is 29.6 Å². The van der Waals surface area contributed by atoms with Gasteiger partial charge in [0.15, 0.2) is 0 Å². The van der Waals surface area contributed by atoms with Gasteiger partial charge in [-0.3, -0.25) is 10.4 Å². The van der Waals surface area contributed by atoms with Crippen LogP contribution in [0.15, 0.2) is 4.99 Å². The minimum atomic E-state index is 0.661. The highest BCUT2D eigenvalue weighted by Gasteiger charge is 2.05. The van der Waals surface area contributed by atoms with Crippen molar-refractivity contribution in [2.24, 2.45) is 16.8 Å². The van der Waals surface area contributed by atoms with Crippen LogP contribution in [0.1, 0.15) is 46.0 Å². The number of ether oxygens (including phenoxy) is 1. The average molecular weight is 258 g/mol. The summed E-state index contributed by atoms with van der Waals surface area (Å²) >= 11 is 0. The third-order valence-corrected chi connectivity index (χ3v) is 3.01. The molecule has 108 valence electrons. The maximum Gasteiger partial charge on any atom is 0.205 e. The zero-order valence-electron chi connectivity index (χ0n) is 12.2. The lowest BCUT2D eigenvalue weighted by Crippen LogP contribution is -2.42. The summed E-state index contributed by atoms with van der Waals surface area (Å²) in [5.41, 5.74) is 2.61. The van der Waals surface area contributed by atoms with E-state index in [4.69, 9.17) is 10.6 Å². The first-order valence-corrected chi connectivity index (χ1v) is 7.02. The van der Waals surface area contributed by atoms with E-state index in [1.165, 1.54) is 25.7 Å². The fourth-order valence-corrected chi connectivity index (χ4v) is 1.71. The number of guanidine groups is 1. The highest BCUT2D eigenvalue weighted by atomic mass is 16.5. The smallest absolute Gasteiger partial charge is 0.205 e. The van der Waals surface area contributed by atoms with Crippen LogP contribution in [0.2, 0.25) is 0 Å². The Morgan fingerprint density at radius 2 is 2.11 bits per heavy atom. The minimum Gasteiger partial charge on any atom is -0.385 e. The van der Waals surface area contributed by atoms with E-state index in [-0.39, 0.29) is 0 Å². The first-order valence-electron chi connectivity index (χ1n) is 7.02. The summed E-state index contributed by atoms with van der Waals surface area (Å²) in [5, 5.41) is 3.17. The van der Waals surface area contributed by atoms with Gasteiger partial charge in [-0.05, 0) is 18.8 Å². The molecule has 1 unspecified atom stereocenters. The molecule has 0 aromatic heterocycles. The van der Waals surface area contributed by atoms with Crippen molar-refractivity contribution in [3.8, 4) is 0 Å². The van der Waals surface area contributed by atoms with Gasteiger partial charge in [0.05, 0.1) is 0 Å². The van der Waals surface area contributed by atoms with Crippen LogP contribution in [0.5, 0.6) is 0 Å². The number of hydrogen-bond donors (Lipinski definition) is 3. The van der Waals surface area contributed by atoms with Crippen LogP contribution in [0.3, 0.4) is 0 Å². The molecule has 0 bridgehead atoms. The van der Waals surface area contributed by atoms with E-state index < -0.39 is 0 Å². The molecule has 0 aliphatic heterocycles. The molecule has 5 nitrogen and oxygen atoms in total. The molecule has 0 amide bonds. The number of unbranched alkanes of at least 4 members (excludes halogenated alkanes) is 1. The van der Waals surface area contributed by atoms with Crippen molar-refractivity contribution in [3.63, 3.8) is 0 Å². The van der Waals surface area contributed by atoms with Crippen molar-refractivity contribution in [2.45, 2.75) is 46.0 Å². The number of nitrogens with one attached hydrogen (secondary N) is 2. The van der Waals surface area contributed by atoms with Gasteiger partial charge in [0.25, 0.3) is 0 Å². The van der Waals surface area contributed by atoms with Gasteiger partial charge < -0.3 is 10.1 Å². The number of nitrogens with zero attached hydrogens (tertiary/aromatic N) is 1. The number of nitrogens with two attached hydrogens (primary N) is 1. The quantitative estimate of drug-likeness (QED) is 0.183. The molecule has 5 heteroatoms. The van der Waals surface area contributed by atoms with Crippen molar-refractivity contribution < 1.29 is 4.74 Å². The molecule has 0 aromatic rings. The highest BCUT2D eigenvalue weighted by Crippen LogP contribution is 2.12. The van der Waals surface area contributed by atoms with E-state index in [0.717, 1.165) is 26.1 Å². The molecule has 0 radical (unpaired) electrons. The molecule has 0 aromatic carbocycles. The molecule has 0 aliphatic rings. The number of rotatable bonds is 10. The number of hydrazine groups is 1. The lowest BCUT2D eigenvalue weighted by molar-refractivity contribution is 0.195. The van der Waals surface area contributed by atoms with E-state index in [1.807, 2.05) is 0 Å². The monoisotopic (exact) mass is 258 g/mol. The van der Waals surface area contributed by atoms with Gasteiger partial charge in [-0.2, -0.15) is 0 Å². The highest BCUT2D eigenvalue weighted by molar-refractivity contribution is 5.79. The molecule has 0 rings (SSSR count). The van der Waals surface area contributed by atoms with Crippen LogP contribution in [0.25, 0.3) is 0 Å². The van der Waals surface area contributed by atoms with E-state index >= 15 is 0 Å². The van der Waals surface area contributed by atoms with Gasteiger partial charge in [-0.25, -0.2) is 5.84 Å². The summed E-state index contributed by atoms with van der Waals surface area (Å²) < 4.78 is 4.99. The van der Waals surface area contributed by atoms with Gasteiger partial charge in [-0.15, -0.1) is 0 Å². The molecule has 0 saturated carbocycles. The normalized spacial score (nSPS) is 13.4. The van der Waals surface area contributed by atoms with Crippen LogP contribution >= 0.6 is 0 Å². The third kappa shape index (κ3) is 9.24. The Balaban J connectivity index is 3.91. The molecule has 0 fully saturated rings. The second-order valence-electron chi connectivity index (χ2n) is 4.52. The molecule has 4 N–H and O–H groups in total. The fraction of sp³-hybridized carbons (Fsp3) is 0.923. The summed E-state index contributed by atoms with van der Waals surface area (Å²) in [5.74, 6) is 6.78. The zero-order valence-corrected chi connectivity index (χ0v) is 12.2. The molecule has 1 atom stereocenters. The summed E-state index contributed by atoms with van der Waals surface area (Å²) in [6, 6.07) is 0. The molecule has 0 aliphatic carbocycles. The summed E-state index contributed by atoms with van der Waals surface area (Å²) in [4.78, 5) is 4.49. The zero-order chi connectivity index (χ0) is 13.6. The first kappa shape index (κ1) is 17.2. The molecular weight excluding hydrogens is 228 g/mol. The molecule has 0 heterocycles. The molecule has 0 spiro atoms. The van der Waals surface area contributed by atoms with Crippen molar-refractivity contribution in [1.29, 1.82) is 0 Å². The maximum atomic E-state index is 5.44. The van der Waals surface area contributed by atoms with Crippen molar-refractivity contribution in [1.82, 2.24) is 10.7 Å². The summed E-state index contributed by atoms with van der Waals surface area (Å²) in [6.07, 6.45) is 5.89. The van der Waals surface area contributed by atoms with E-state index in [0.29, 0.717) is 11.9 Å². The van der Waals surface area contributed by atoms with E-state index in [9.17, 15) is 0 Å². The second-order valence-corrected chi connectivity index (χ2v) is 4.52. The molecular formula is C13H30N4O. The predicted octanol–water partition coefficient (Wildman–Crippen LogP) is 1.65. The number of hydrogen-bond acceptors (Lipinski definition) is 3. The predicted molar refractivity (Wildman–Crippen MR) is 77.4 cm³/mol. The average Bonchev–Trinajstić information content (AvgIpc) is 2.41. The largest absolute Gasteiger partial charge is 0.385 e. The van der Waals surface area contributed by atoms with Crippen molar-refractivity contribution >= 4 is 5.96 Å². The second kappa shape index (κ2) is 12.6. The Morgan fingerprint density at radius 3 is 2.67 bits per heavy atom. The SMILES string of the molecule is CCCCC(CC)CN=C(NN)NCCCOC. The first-order chi connectivity index (χ1) is 8.78. The van der Waals surface area contributed by atoms with Gasteiger partial charge in [0.1, 0.15) is 0 Å². The van der Waals surface area contributed by atoms with Gasteiger partial charge in [0.2, 0.25) is 5.96 Å². The van der Waals surface area contributed by atoms with Crippen LogP contribution < -0.4 is 16.6 Å². The Kier molecular flexibility index (Phi) is 12.1. The number of methoxy groups -OCH3 is 1. The van der Waals surface area contributed by atoms with Gasteiger partial charge >= 0.3 is 0 Å². The van der Waals surface area contributed by atoms with Gasteiger partial charge in [0, 0.05) is 26.8 Å². The summed E-state index contributed by atoms with van der Waals surface area (Å²) in [7, 11) is 1.70. The fourth-order valence-electron chi connectivity index (χ4n) is 1.71. The molecule has 18 heavy (non-hydrogen) atoms. The van der Waals surface area contributed by atoms with E-state index in [1.54, 1.807) is 7.11 Å². The van der Waals surface area contributed by atoms with Gasteiger partial charge in [-0.1, -0.05) is 33.1 Å². The Hall–Kier alpha value is -0.810. The Labute approximate surface area is 112 Å². The third-order valence-electron chi connectivity index (χ3n) is 3.01. The summed E-state index contributed by atoms with van der Waals surface area (Å²) in [6.45, 7) is 6.85. The molecule has 0 saturated heterocycles. The van der Waals surface area contributed by atoms with Crippen LogP contribution in [0.4, 0.5) is 0 Å². The van der Waals surface area contributed by atoms with Crippen LogP contribution in [0, 0.1) is 5.92 Å².